The number of ether oxygens (including phenoxy) is 1. The lowest BCUT2D eigenvalue weighted by Crippen LogP contribution is -2.31. The van der Waals surface area contributed by atoms with Gasteiger partial charge in [0, 0.05) is 0 Å². The fraction of sp³-hybridized carbons (Fsp3) is 0.435. The molecule has 0 radical (unpaired) electrons. The second-order valence-corrected chi connectivity index (χ2v) is 8.17. The van der Waals surface area contributed by atoms with E-state index in [-0.39, 0.29) is 24.0 Å². The molecule has 140 valence electrons. The van der Waals surface area contributed by atoms with Crippen molar-refractivity contribution in [2.24, 2.45) is 0 Å². The molecule has 0 heterocycles. The van der Waals surface area contributed by atoms with Gasteiger partial charge in [-0.05, 0) is 47.1 Å². The van der Waals surface area contributed by atoms with Crippen LogP contribution in [0.5, 0.6) is 5.75 Å². The first kappa shape index (κ1) is 20.0. The lowest BCUT2D eigenvalue weighted by molar-refractivity contribution is -0.123. The number of carbonyl (C=O) groups is 1. The molecule has 0 aliphatic rings. The number of amides is 1. The minimum atomic E-state index is -0.120. The number of rotatable bonds is 6. The molecule has 1 amide bonds. The summed E-state index contributed by atoms with van der Waals surface area (Å²) in [5.41, 5.74) is 3.76. The largest absolute Gasteiger partial charge is 0.484 e. The Morgan fingerprint density at radius 2 is 1.46 bits per heavy atom. The molecule has 2 aromatic rings. The molecule has 2 rings (SSSR count). The van der Waals surface area contributed by atoms with Crippen molar-refractivity contribution >= 4 is 5.91 Å². The Kier molecular flexibility index (Phi) is 6.47. The second kappa shape index (κ2) is 8.39. The van der Waals surface area contributed by atoms with E-state index in [4.69, 9.17) is 4.74 Å². The lowest BCUT2D eigenvalue weighted by atomic mass is 9.86. The van der Waals surface area contributed by atoms with Gasteiger partial charge in [0.05, 0.1) is 6.04 Å². The van der Waals surface area contributed by atoms with Gasteiger partial charge in [0.2, 0.25) is 0 Å². The van der Waals surface area contributed by atoms with E-state index >= 15 is 0 Å². The fourth-order valence-corrected chi connectivity index (χ4v) is 2.74. The standard InChI is InChI=1S/C23H31NO2/c1-16(2)18-9-13-21(14-10-18)26-15-22(25)24-17(3)19-7-11-20(12-8-19)23(4,5)6/h7-14,16-17H,15H2,1-6H3,(H,24,25)/t17-/m1/s1. The topological polar surface area (TPSA) is 38.3 Å². The number of nitrogens with one attached hydrogen (secondary N) is 1. The molecule has 0 aliphatic carbocycles. The Morgan fingerprint density at radius 3 is 1.96 bits per heavy atom. The summed E-state index contributed by atoms with van der Waals surface area (Å²) in [6.07, 6.45) is 0. The molecule has 3 nitrogen and oxygen atoms in total. The minimum Gasteiger partial charge on any atom is -0.484 e. The van der Waals surface area contributed by atoms with Crippen LogP contribution >= 0.6 is 0 Å². The zero-order chi connectivity index (χ0) is 19.3. The summed E-state index contributed by atoms with van der Waals surface area (Å²) in [7, 11) is 0. The quantitative estimate of drug-likeness (QED) is 0.759. The van der Waals surface area contributed by atoms with Crippen molar-refractivity contribution in [3.05, 3.63) is 65.2 Å². The van der Waals surface area contributed by atoms with Crippen molar-refractivity contribution in [1.82, 2.24) is 5.32 Å². The molecule has 0 saturated carbocycles. The van der Waals surface area contributed by atoms with E-state index in [2.05, 4.69) is 64.2 Å². The van der Waals surface area contributed by atoms with Crippen molar-refractivity contribution < 1.29 is 9.53 Å². The summed E-state index contributed by atoms with van der Waals surface area (Å²) in [4.78, 5) is 12.2. The molecule has 0 saturated heterocycles. The molecule has 0 aromatic heterocycles. The van der Waals surface area contributed by atoms with E-state index in [1.54, 1.807) is 0 Å². The molecule has 1 N–H and O–H groups in total. The van der Waals surface area contributed by atoms with Crippen LogP contribution in [0.2, 0.25) is 0 Å². The van der Waals surface area contributed by atoms with Gasteiger partial charge >= 0.3 is 0 Å². The molecule has 1 atom stereocenters. The van der Waals surface area contributed by atoms with Gasteiger partial charge in [-0.2, -0.15) is 0 Å². The highest BCUT2D eigenvalue weighted by atomic mass is 16.5. The Balaban J connectivity index is 1.86. The van der Waals surface area contributed by atoms with Gasteiger partial charge in [-0.3, -0.25) is 4.79 Å². The van der Waals surface area contributed by atoms with Crippen LogP contribution in [-0.2, 0) is 10.2 Å². The maximum absolute atomic E-state index is 12.2. The van der Waals surface area contributed by atoms with Gasteiger partial charge < -0.3 is 10.1 Å². The van der Waals surface area contributed by atoms with Gasteiger partial charge in [-0.1, -0.05) is 71.0 Å². The Bertz CT molecular complexity index is 709. The number of hydrogen-bond acceptors (Lipinski definition) is 2. The predicted octanol–water partition coefficient (Wildman–Crippen LogP) is 5.36. The highest BCUT2D eigenvalue weighted by Crippen LogP contribution is 2.24. The first-order chi connectivity index (χ1) is 12.2. The van der Waals surface area contributed by atoms with E-state index < -0.39 is 0 Å². The summed E-state index contributed by atoms with van der Waals surface area (Å²) in [5.74, 6) is 1.08. The molecule has 0 unspecified atom stereocenters. The Labute approximate surface area is 157 Å². The first-order valence-corrected chi connectivity index (χ1v) is 9.29. The smallest absolute Gasteiger partial charge is 0.258 e. The first-order valence-electron chi connectivity index (χ1n) is 9.29. The van der Waals surface area contributed by atoms with Crippen molar-refractivity contribution in [2.75, 3.05) is 6.61 Å². The van der Waals surface area contributed by atoms with Gasteiger partial charge in [-0.25, -0.2) is 0 Å². The highest BCUT2D eigenvalue weighted by Gasteiger charge is 2.15. The average Bonchev–Trinajstić information content (AvgIpc) is 2.59. The maximum atomic E-state index is 12.2. The van der Waals surface area contributed by atoms with Gasteiger partial charge in [0.15, 0.2) is 6.61 Å². The van der Waals surface area contributed by atoms with Crippen LogP contribution in [0.3, 0.4) is 0 Å². The molecule has 2 aromatic carbocycles. The van der Waals surface area contributed by atoms with Crippen LogP contribution in [0.15, 0.2) is 48.5 Å². The van der Waals surface area contributed by atoms with Crippen LogP contribution in [0.1, 0.15) is 70.2 Å². The zero-order valence-corrected chi connectivity index (χ0v) is 16.8. The molecule has 0 bridgehead atoms. The highest BCUT2D eigenvalue weighted by molar-refractivity contribution is 5.78. The molecule has 0 fully saturated rings. The van der Waals surface area contributed by atoms with E-state index in [1.165, 1.54) is 11.1 Å². The molecule has 0 spiro atoms. The minimum absolute atomic E-state index is 0.0193. The van der Waals surface area contributed by atoms with E-state index in [1.807, 2.05) is 31.2 Å². The molecular weight excluding hydrogens is 322 g/mol. The zero-order valence-electron chi connectivity index (χ0n) is 16.8. The summed E-state index contributed by atoms with van der Waals surface area (Å²) in [6, 6.07) is 16.3. The van der Waals surface area contributed by atoms with E-state index in [0.717, 1.165) is 5.56 Å². The Hall–Kier alpha value is -2.29. The number of benzene rings is 2. The molecular formula is C23H31NO2. The number of hydrogen-bond donors (Lipinski definition) is 1. The van der Waals surface area contributed by atoms with Crippen LogP contribution in [0, 0.1) is 0 Å². The van der Waals surface area contributed by atoms with Crippen LogP contribution in [-0.4, -0.2) is 12.5 Å². The monoisotopic (exact) mass is 353 g/mol. The van der Waals surface area contributed by atoms with Crippen LogP contribution in [0.25, 0.3) is 0 Å². The normalized spacial score (nSPS) is 12.7. The summed E-state index contributed by atoms with van der Waals surface area (Å²) in [5, 5.41) is 2.99. The maximum Gasteiger partial charge on any atom is 0.258 e. The molecule has 26 heavy (non-hydrogen) atoms. The third-order valence-corrected chi connectivity index (χ3v) is 4.57. The van der Waals surface area contributed by atoms with Gasteiger partial charge in [-0.15, -0.1) is 0 Å². The van der Waals surface area contributed by atoms with Crippen molar-refractivity contribution in [1.29, 1.82) is 0 Å². The fourth-order valence-electron chi connectivity index (χ4n) is 2.74. The van der Waals surface area contributed by atoms with Crippen LogP contribution < -0.4 is 10.1 Å². The summed E-state index contributed by atoms with van der Waals surface area (Å²) < 4.78 is 5.59. The molecule has 0 aliphatic heterocycles. The van der Waals surface area contributed by atoms with Crippen molar-refractivity contribution in [2.45, 2.75) is 58.9 Å². The average molecular weight is 354 g/mol. The lowest BCUT2D eigenvalue weighted by Gasteiger charge is -2.20. The third-order valence-electron chi connectivity index (χ3n) is 4.57. The summed E-state index contributed by atoms with van der Waals surface area (Å²) in [6.45, 7) is 12.9. The third kappa shape index (κ3) is 5.62. The van der Waals surface area contributed by atoms with Crippen molar-refractivity contribution in [3.63, 3.8) is 0 Å². The van der Waals surface area contributed by atoms with Gasteiger partial charge in [0.25, 0.3) is 5.91 Å². The van der Waals surface area contributed by atoms with Crippen LogP contribution in [0.4, 0.5) is 0 Å². The Morgan fingerprint density at radius 1 is 0.923 bits per heavy atom. The van der Waals surface area contributed by atoms with Gasteiger partial charge in [0.1, 0.15) is 5.75 Å². The SMILES string of the molecule is CC(C)c1ccc(OCC(=O)N[C@H](C)c2ccc(C(C)(C)C)cc2)cc1. The van der Waals surface area contributed by atoms with E-state index in [0.29, 0.717) is 11.7 Å². The van der Waals surface area contributed by atoms with E-state index in [9.17, 15) is 4.79 Å². The number of carbonyl (C=O) groups excluding carboxylic acids is 1. The second-order valence-electron chi connectivity index (χ2n) is 8.17. The predicted molar refractivity (Wildman–Crippen MR) is 108 cm³/mol. The van der Waals surface area contributed by atoms with Crippen molar-refractivity contribution in [3.8, 4) is 5.75 Å². The summed E-state index contributed by atoms with van der Waals surface area (Å²) >= 11 is 0. The molecule has 3 heteroatoms.